The Hall–Kier alpha value is -0.990. The molecule has 0 N–H and O–H groups in total. The van der Waals surface area contributed by atoms with Crippen molar-refractivity contribution >= 4 is 5.97 Å². The van der Waals surface area contributed by atoms with Gasteiger partial charge in [0.15, 0.2) is 0 Å². The number of carbonyl (C=O) groups is 1. The van der Waals surface area contributed by atoms with Crippen LogP contribution in [0.5, 0.6) is 0 Å². The Bertz CT molecular complexity index is 270. The van der Waals surface area contributed by atoms with Gasteiger partial charge in [-0.2, -0.15) is 0 Å². The molecule has 0 bridgehead atoms. The van der Waals surface area contributed by atoms with Gasteiger partial charge in [-0.05, 0) is 31.3 Å². The fourth-order valence-corrected chi connectivity index (χ4v) is 2.59. The molecule has 0 aromatic rings. The normalized spacial score (nSPS) is 36.7. The maximum absolute atomic E-state index is 11.5. The maximum Gasteiger partial charge on any atom is 0.309 e. The molecular formula is C11H16O3. The van der Waals surface area contributed by atoms with Crippen molar-refractivity contribution in [2.75, 3.05) is 13.7 Å². The molecule has 0 heterocycles. The van der Waals surface area contributed by atoms with E-state index in [-0.39, 0.29) is 11.9 Å². The van der Waals surface area contributed by atoms with Crippen molar-refractivity contribution in [1.29, 1.82) is 0 Å². The molecule has 3 nitrogen and oxygen atoms in total. The van der Waals surface area contributed by atoms with Crippen molar-refractivity contribution in [2.45, 2.75) is 19.8 Å². The molecule has 0 radical (unpaired) electrons. The van der Waals surface area contributed by atoms with Gasteiger partial charge in [-0.1, -0.05) is 0 Å². The molecule has 0 aromatic heterocycles. The fraction of sp³-hybridized carbons (Fsp3) is 0.727. The first-order valence-electron chi connectivity index (χ1n) is 5.18. The molecule has 78 valence electrons. The third-order valence-electron chi connectivity index (χ3n) is 3.19. The number of rotatable bonds is 3. The van der Waals surface area contributed by atoms with Crippen LogP contribution in [0.15, 0.2) is 11.8 Å². The highest BCUT2D eigenvalue weighted by atomic mass is 16.5. The molecule has 2 aliphatic carbocycles. The number of allylic oxidation sites excluding steroid dienone is 1. The monoisotopic (exact) mass is 196 g/mol. The van der Waals surface area contributed by atoms with E-state index in [9.17, 15) is 4.79 Å². The lowest BCUT2D eigenvalue weighted by Gasteiger charge is -2.05. The zero-order chi connectivity index (χ0) is 10.1. The summed E-state index contributed by atoms with van der Waals surface area (Å²) >= 11 is 0. The van der Waals surface area contributed by atoms with Gasteiger partial charge in [-0.3, -0.25) is 4.79 Å². The molecular weight excluding hydrogens is 180 g/mol. The van der Waals surface area contributed by atoms with Gasteiger partial charge in [-0.15, -0.1) is 0 Å². The van der Waals surface area contributed by atoms with Gasteiger partial charge in [0.25, 0.3) is 0 Å². The summed E-state index contributed by atoms with van der Waals surface area (Å²) in [7, 11) is 1.65. The van der Waals surface area contributed by atoms with E-state index in [1.165, 1.54) is 5.57 Å². The Kier molecular flexibility index (Phi) is 2.48. The number of fused-ring (bicyclic) bond motifs is 1. The average molecular weight is 196 g/mol. The highest BCUT2D eigenvalue weighted by molar-refractivity contribution is 5.78. The predicted molar refractivity (Wildman–Crippen MR) is 51.4 cm³/mol. The van der Waals surface area contributed by atoms with E-state index in [1.54, 1.807) is 13.4 Å². The van der Waals surface area contributed by atoms with Crippen LogP contribution in [0.25, 0.3) is 0 Å². The van der Waals surface area contributed by atoms with Crippen molar-refractivity contribution in [3.05, 3.63) is 11.8 Å². The maximum atomic E-state index is 11.5. The van der Waals surface area contributed by atoms with Crippen LogP contribution in [0.3, 0.4) is 0 Å². The summed E-state index contributed by atoms with van der Waals surface area (Å²) in [6.45, 7) is 2.33. The van der Waals surface area contributed by atoms with Gasteiger partial charge in [0.05, 0.1) is 25.9 Å². The van der Waals surface area contributed by atoms with E-state index in [0.29, 0.717) is 18.4 Å². The Morgan fingerprint density at radius 2 is 2.43 bits per heavy atom. The fourth-order valence-electron chi connectivity index (χ4n) is 2.59. The third-order valence-corrected chi connectivity index (χ3v) is 3.19. The van der Waals surface area contributed by atoms with E-state index in [4.69, 9.17) is 9.47 Å². The van der Waals surface area contributed by atoms with Crippen LogP contribution in [0.4, 0.5) is 0 Å². The van der Waals surface area contributed by atoms with E-state index in [2.05, 4.69) is 0 Å². The summed E-state index contributed by atoms with van der Waals surface area (Å²) in [6.07, 6.45) is 3.99. The Morgan fingerprint density at radius 3 is 3.07 bits per heavy atom. The number of methoxy groups -OCH3 is 1. The molecule has 2 fully saturated rings. The lowest BCUT2D eigenvalue weighted by Crippen LogP contribution is -2.10. The van der Waals surface area contributed by atoms with Crippen LogP contribution in [0.1, 0.15) is 19.8 Å². The molecule has 2 saturated carbocycles. The Morgan fingerprint density at radius 1 is 1.64 bits per heavy atom. The van der Waals surface area contributed by atoms with Gasteiger partial charge >= 0.3 is 5.97 Å². The van der Waals surface area contributed by atoms with E-state index in [1.807, 2.05) is 6.92 Å². The van der Waals surface area contributed by atoms with Gasteiger partial charge in [0.2, 0.25) is 0 Å². The average Bonchev–Trinajstić information content (AvgIpc) is 2.76. The van der Waals surface area contributed by atoms with Crippen LogP contribution in [-0.4, -0.2) is 19.7 Å². The smallest absolute Gasteiger partial charge is 0.309 e. The molecule has 0 aliphatic heterocycles. The summed E-state index contributed by atoms with van der Waals surface area (Å²) in [6, 6.07) is 0. The van der Waals surface area contributed by atoms with Gasteiger partial charge in [0, 0.05) is 5.92 Å². The molecule has 2 rings (SSSR count). The van der Waals surface area contributed by atoms with Crippen LogP contribution in [0.2, 0.25) is 0 Å². The molecule has 14 heavy (non-hydrogen) atoms. The Balaban J connectivity index is 1.96. The SMILES string of the molecule is CCOC(=O)C1C2CC/C(=C/OC)C21. The summed E-state index contributed by atoms with van der Waals surface area (Å²) in [5.74, 6) is 1.07. The molecule has 0 saturated heterocycles. The molecule has 2 aliphatic rings. The summed E-state index contributed by atoms with van der Waals surface area (Å²) < 4.78 is 10.0. The first-order chi connectivity index (χ1) is 6.79. The number of esters is 1. The number of carbonyl (C=O) groups excluding carboxylic acids is 1. The predicted octanol–water partition coefficient (Wildman–Crippen LogP) is 1.74. The van der Waals surface area contributed by atoms with Crippen LogP contribution < -0.4 is 0 Å². The first kappa shape index (κ1) is 9.56. The summed E-state index contributed by atoms with van der Waals surface area (Å²) in [4.78, 5) is 11.5. The second-order valence-electron chi connectivity index (χ2n) is 3.93. The highest BCUT2D eigenvalue weighted by Gasteiger charge is 2.60. The van der Waals surface area contributed by atoms with E-state index in [0.717, 1.165) is 12.8 Å². The van der Waals surface area contributed by atoms with Crippen molar-refractivity contribution in [3.63, 3.8) is 0 Å². The van der Waals surface area contributed by atoms with Crippen molar-refractivity contribution in [1.82, 2.24) is 0 Å². The molecule has 0 aromatic carbocycles. The number of hydrogen-bond donors (Lipinski definition) is 0. The summed E-state index contributed by atoms with van der Waals surface area (Å²) in [5, 5.41) is 0. The molecule has 0 amide bonds. The zero-order valence-electron chi connectivity index (χ0n) is 8.66. The first-order valence-corrected chi connectivity index (χ1v) is 5.18. The third kappa shape index (κ3) is 1.41. The van der Waals surface area contributed by atoms with Crippen molar-refractivity contribution in [2.24, 2.45) is 17.8 Å². The molecule has 3 atom stereocenters. The van der Waals surface area contributed by atoms with Crippen LogP contribution in [0, 0.1) is 17.8 Å². The van der Waals surface area contributed by atoms with Crippen LogP contribution in [-0.2, 0) is 14.3 Å². The summed E-state index contributed by atoms with van der Waals surface area (Å²) in [5.41, 5.74) is 1.29. The highest BCUT2D eigenvalue weighted by Crippen LogP contribution is 2.60. The minimum atomic E-state index is -0.0239. The Labute approximate surface area is 84.1 Å². The standard InChI is InChI=1S/C11H16O3/c1-3-14-11(12)10-8-5-4-7(6-13-2)9(8)10/h6,8-10H,3-5H2,1-2H3/b7-6-. The lowest BCUT2D eigenvalue weighted by atomic mass is 10.1. The number of ether oxygens (including phenoxy) is 2. The van der Waals surface area contributed by atoms with Crippen LogP contribution >= 0.6 is 0 Å². The number of hydrogen-bond acceptors (Lipinski definition) is 3. The van der Waals surface area contributed by atoms with E-state index >= 15 is 0 Å². The van der Waals surface area contributed by atoms with Gasteiger partial charge in [0.1, 0.15) is 0 Å². The minimum absolute atomic E-state index is 0.0239. The van der Waals surface area contributed by atoms with Crippen molar-refractivity contribution in [3.8, 4) is 0 Å². The molecule has 0 spiro atoms. The quantitative estimate of drug-likeness (QED) is 0.509. The second-order valence-corrected chi connectivity index (χ2v) is 3.93. The molecule has 3 heteroatoms. The van der Waals surface area contributed by atoms with E-state index < -0.39 is 0 Å². The second kappa shape index (κ2) is 3.64. The van der Waals surface area contributed by atoms with Gasteiger partial charge < -0.3 is 9.47 Å². The van der Waals surface area contributed by atoms with Crippen molar-refractivity contribution < 1.29 is 14.3 Å². The van der Waals surface area contributed by atoms with Gasteiger partial charge in [-0.25, -0.2) is 0 Å². The minimum Gasteiger partial charge on any atom is -0.504 e. The zero-order valence-corrected chi connectivity index (χ0v) is 8.66. The largest absolute Gasteiger partial charge is 0.504 e. The topological polar surface area (TPSA) is 35.5 Å². The lowest BCUT2D eigenvalue weighted by molar-refractivity contribution is -0.145. The molecule has 3 unspecified atom stereocenters.